The maximum absolute atomic E-state index is 13.8. The second kappa shape index (κ2) is 52.8. The first-order valence-electron chi connectivity index (χ1n) is 33.0. The summed E-state index contributed by atoms with van der Waals surface area (Å²) in [5.74, 6) is 0.516. The van der Waals surface area contributed by atoms with Gasteiger partial charge in [0.25, 0.3) is 0 Å². The summed E-state index contributed by atoms with van der Waals surface area (Å²) in [5, 5.41) is 10.4. The predicted octanol–water partition coefficient (Wildman–Crippen LogP) is 11.0. The molecule has 3 aromatic rings. The summed E-state index contributed by atoms with van der Waals surface area (Å²) in [6, 6.07) is 12.0. The molecule has 4 rings (SSSR count). The predicted molar refractivity (Wildman–Crippen MR) is 353 cm³/mol. The van der Waals surface area contributed by atoms with Gasteiger partial charge >= 0.3 is 24.1 Å². The number of unbranched alkanes of at least 4 members (excludes halogenated alkanes) is 6. The molecule has 0 atom stereocenters. The summed E-state index contributed by atoms with van der Waals surface area (Å²) in [7, 11) is 0. The number of likely N-dealkylation sites (N-methyl/N-ethyl adjacent to an activating group) is 1. The van der Waals surface area contributed by atoms with E-state index in [2.05, 4.69) is 35.0 Å². The molecule has 1 aromatic carbocycles. The molecule has 2 heterocycles. The number of aromatic nitrogens is 1. The number of hydrogen-bond acceptors (Lipinski definition) is 18. The molecule has 1 saturated carbocycles. The molecule has 0 spiro atoms. The largest absolute Gasteiger partial charge is 0.466 e. The molecule has 514 valence electrons. The lowest BCUT2D eigenvalue weighted by Crippen LogP contribution is -2.35. The van der Waals surface area contributed by atoms with Gasteiger partial charge in [-0.15, -0.1) is 22.9 Å². The number of ether oxygens (including phenoxy) is 10. The quantitative estimate of drug-likeness (QED) is 0.0119. The van der Waals surface area contributed by atoms with Gasteiger partial charge in [0.15, 0.2) is 5.78 Å². The summed E-state index contributed by atoms with van der Waals surface area (Å²) < 4.78 is 55.2. The van der Waals surface area contributed by atoms with E-state index in [0.717, 1.165) is 112 Å². The number of nitrogens with zero attached hydrogens (tertiary/aromatic N) is 2. The Morgan fingerprint density at radius 3 is 1.81 bits per heavy atom. The molecule has 0 unspecified atom stereocenters. The van der Waals surface area contributed by atoms with Crippen LogP contribution in [0.4, 0.5) is 15.3 Å². The summed E-state index contributed by atoms with van der Waals surface area (Å²) in [6.07, 6.45) is 16.9. The monoisotopic (exact) mass is 1320 g/mol. The first kappa shape index (κ1) is 79.6. The van der Waals surface area contributed by atoms with Crippen LogP contribution in [0.25, 0.3) is 10.2 Å². The Labute approximate surface area is 549 Å². The number of carbonyl (C=O) groups is 7. The number of allylic oxidation sites excluding steroid dienone is 1. The van der Waals surface area contributed by atoms with Crippen LogP contribution in [0.2, 0.25) is 0 Å². The lowest BCUT2D eigenvalue weighted by atomic mass is 9.79. The molecule has 4 amide bonds. The summed E-state index contributed by atoms with van der Waals surface area (Å²) in [4.78, 5) is 88.2. The van der Waals surface area contributed by atoms with E-state index in [4.69, 9.17) is 59.0 Å². The van der Waals surface area contributed by atoms with Gasteiger partial charge in [-0.05, 0) is 133 Å². The second-order valence-electron chi connectivity index (χ2n) is 21.7. The highest BCUT2D eigenvalue weighted by Crippen LogP contribution is 2.34. The zero-order valence-corrected chi connectivity index (χ0v) is 56.3. The first-order valence-corrected chi connectivity index (χ1v) is 34.4. The summed E-state index contributed by atoms with van der Waals surface area (Å²) >= 11 is 7.20. The molecule has 0 bridgehead atoms. The minimum absolute atomic E-state index is 0.0348. The number of benzene rings is 1. The van der Waals surface area contributed by atoms with Crippen LogP contribution in [0.3, 0.4) is 0 Å². The molecular weight excluding hydrogens is 1210 g/mol. The fraction of sp³-hybridized carbons (Fsp3) is 0.687. The Morgan fingerprint density at radius 1 is 0.604 bits per heavy atom. The molecule has 0 saturated heterocycles. The zero-order valence-electron chi connectivity index (χ0n) is 54.8. The number of halogens is 1. The van der Waals surface area contributed by atoms with Crippen molar-refractivity contribution in [3.05, 3.63) is 65.2 Å². The number of alkyl halides is 1. The van der Waals surface area contributed by atoms with Gasteiger partial charge in [-0.25, -0.2) is 9.59 Å². The summed E-state index contributed by atoms with van der Waals surface area (Å²) in [5.41, 5.74) is 3.55. The van der Waals surface area contributed by atoms with Crippen LogP contribution < -0.4 is 20.9 Å². The maximum atomic E-state index is 13.8. The molecule has 1 fully saturated rings. The van der Waals surface area contributed by atoms with Gasteiger partial charge in [0.05, 0.1) is 82.0 Å². The molecular formula is C67H106ClN5O17S. The third-order valence-electron chi connectivity index (χ3n) is 14.7. The first-order chi connectivity index (χ1) is 44.4. The van der Waals surface area contributed by atoms with Crippen molar-refractivity contribution < 1.29 is 80.9 Å². The van der Waals surface area contributed by atoms with Gasteiger partial charge in [0.2, 0.25) is 11.8 Å². The number of ketones is 1. The van der Waals surface area contributed by atoms with Crippen molar-refractivity contribution in [2.24, 2.45) is 11.8 Å². The molecule has 0 aliphatic heterocycles. The van der Waals surface area contributed by atoms with Crippen molar-refractivity contribution in [1.29, 1.82) is 0 Å². The van der Waals surface area contributed by atoms with Gasteiger partial charge in [-0.3, -0.25) is 24.0 Å². The van der Waals surface area contributed by atoms with E-state index in [-0.39, 0.29) is 74.3 Å². The van der Waals surface area contributed by atoms with Gasteiger partial charge < -0.3 is 72.8 Å². The van der Waals surface area contributed by atoms with E-state index in [1.54, 1.807) is 35.3 Å². The van der Waals surface area contributed by atoms with Crippen LogP contribution in [0.5, 0.6) is 0 Å². The molecule has 1 aliphatic rings. The lowest BCUT2D eigenvalue weighted by molar-refractivity contribution is -0.146. The molecule has 91 heavy (non-hydrogen) atoms. The van der Waals surface area contributed by atoms with E-state index in [0.29, 0.717) is 137 Å². The Kier molecular flexibility index (Phi) is 46.2. The Bertz CT molecular complexity index is 2490. The van der Waals surface area contributed by atoms with E-state index in [1.165, 1.54) is 5.56 Å². The number of alkyl carbamates (subject to hydrolysis) is 2. The Morgan fingerprint density at radius 2 is 1.18 bits per heavy atom. The number of carbonyl (C=O) groups excluding carboxylic acids is 7. The van der Waals surface area contributed by atoms with Crippen LogP contribution in [0.15, 0.2) is 53.9 Å². The number of nitrogens with one attached hydrogen (secondary N) is 3. The molecule has 22 nitrogen and oxygen atoms in total. The molecule has 3 N–H and O–H groups in total. The highest BCUT2D eigenvalue weighted by atomic mass is 35.5. The zero-order chi connectivity index (χ0) is 65.8. The number of thiophene rings is 1. The van der Waals surface area contributed by atoms with Gasteiger partial charge in [0.1, 0.15) is 26.4 Å². The molecule has 0 radical (unpaired) electrons. The topological polar surface area (TPSA) is 256 Å². The average Bonchev–Trinajstić information content (AvgIpc) is 1.74. The van der Waals surface area contributed by atoms with E-state index < -0.39 is 12.2 Å². The van der Waals surface area contributed by atoms with Crippen molar-refractivity contribution in [2.45, 2.75) is 150 Å². The number of Topliss-reactive ketones (excluding diaryl/α,β-unsaturated/α-hetero) is 1. The lowest BCUT2D eigenvalue weighted by Gasteiger charge is -2.27. The number of amides is 4. The average molecular weight is 1320 g/mol. The van der Waals surface area contributed by atoms with Crippen molar-refractivity contribution in [2.75, 3.05) is 143 Å². The van der Waals surface area contributed by atoms with Crippen molar-refractivity contribution in [3.63, 3.8) is 0 Å². The number of fused-ring (bicyclic) bond motifs is 1. The standard InChI is InChI=1S/C44H64N4O9S.C23H42ClNO8/c1-4-33-13-11-14-36(29-33)47(5-2)41(50)32-48-37-20-28-58-40(37)31-38(48)39(49)30-34-16-18-35(19-17-34)43(52)45-21-9-7-8-10-22-46-44(53)57-27-26-55-25-24-54-23-12-15-42(51)56-6-3;1-2-3-14-33-23(27)25-11-15-30-18-19-31-20-21-32-22(26)9-8-13-29-17-16-28-12-7-5-4-6-10-24/h11,13-14,20,28-29,31,34-35H,4-10,12,15-19,21-27,30,32H2,1-3H3,(H,45,52)(H,46,53);2-3H,4-21H2,1H3,(H,25,27)/b;3-2+. The highest BCUT2D eigenvalue weighted by Gasteiger charge is 2.29. The maximum Gasteiger partial charge on any atom is 0.407 e. The van der Waals surface area contributed by atoms with Gasteiger partial charge in [-0.1, -0.05) is 56.9 Å². The third-order valence-corrected chi connectivity index (χ3v) is 15.8. The van der Waals surface area contributed by atoms with Gasteiger partial charge in [-0.2, -0.15) is 0 Å². The highest BCUT2D eigenvalue weighted by molar-refractivity contribution is 7.17. The number of rotatable bonds is 51. The van der Waals surface area contributed by atoms with E-state index in [9.17, 15) is 33.6 Å². The normalized spacial score (nSPS) is 13.7. The minimum Gasteiger partial charge on any atom is -0.466 e. The van der Waals surface area contributed by atoms with Crippen molar-refractivity contribution in [1.82, 2.24) is 20.5 Å². The SMILES string of the molecule is C/C=C/COC(=O)NCCOCCOCCOC(=O)CCCOCCOCCCCCCCl.CCOC(=O)CCCOCCOCCOC(=O)NCCCCCCNC(=O)C1CCC(CC(=O)c2cc3sccc3n2CC(=O)N(CC)c2cccc(CC)c2)CC1. The van der Waals surface area contributed by atoms with Crippen LogP contribution in [-0.2, 0) is 79.5 Å². The second-order valence-corrected chi connectivity index (χ2v) is 23.0. The summed E-state index contributed by atoms with van der Waals surface area (Å²) in [6.45, 7) is 16.1. The van der Waals surface area contributed by atoms with E-state index >= 15 is 0 Å². The Balaban J connectivity index is 0.000000558. The third kappa shape index (κ3) is 37.6. The molecule has 2 aromatic heterocycles. The van der Waals surface area contributed by atoms with E-state index in [1.807, 2.05) is 48.1 Å². The minimum atomic E-state index is -0.476. The van der Waals surface area contributed by atoms with Crippen molar-refractivity contribution >= 4 is 80.6 Å². The smallest absolute Gasteiger partial charge is 0.407 e. The van der Waals surface area contributed by atoms with Crippen LogP contribution >= 0.6 is 22.9 Å². The van der Waals surface area contributed by atoms with Crippen LogP contribution in [0.1, 0.15) is 153 Å². The fourth-order valence-electron chi connectivity index (χ4n) is 9.71. The Hall–Kier alpha value is -5.66. The molecule has 24 heteroatoms. The number of hydrogen-bond donors (Lipinski definition) is 3. The number of esters is 2. The fourth-order valence-corrected chi connectivity index (χ4v) is 10.7. The van der Waals surface area contributed by atoms with Gasteiger partial charge in [0, 0.05) is 82.7 Å². The number of aryl methyl sites for hydroxylation is 1. The van der Waals surface area contributed by atoms with Crippen molar-refractivity contribution in [3.8, 4) is 0 Å². The van der Waals surface area contributed by atoms with Crippen LogP contribution in [0, 0.1) is 11.8 Å². The number of anilines is 1. The molecule has 1 aliphatic carbocycles. The van der Waals surface area contributed by atoms with Crippen LogP contribution in [-0.4, -0.2) is 184 Å².